The van der Waals surface area contributed by atoms with E-state index in [0.29, 0.717) is 22.0 Å². The maximum atomic E-state index is 14.1. The van der Waals surface area contributed by atoms with Crippen LogP contribution in [0.3, 0.4) is 0 Å². The first-order valence-corrected chi connectivity index (χ1v) is 9.39. The van der Waals surface area contributed by atoms with Gasteiger partial charge < -0.3 is 5.32 Å². The fraction of sp³-hybridized carbons (Fsp3) is 0.278. The number of rotatable bonds is 5. The minimum Gasteiger partial charge on any atom is -0.321 e. The molecule has 0 saturated heterocycles. The smallest absolute Gasteiger partial charge is 0.246 e. The first-order chi connectivity index (χ1) is 12.8. The highest BCUT2D eigenvalue weighted by molar-refractivity contribution is 9.10. The molecule has 3 aromatic rings. The average molecular weight is 455 g/mol. The molecule has 6 nitrogen and oxygen atoms in total. The van der Waals surface area contributed by atoms with Crippen LogP contribution in [0, 0.1) is 26.6 Å². The molecule has 0 fully saturated rings. The van der Waals surface area contributed by atoms with Crippen LogP contribution in [0.1, 0.15) is 22.6 Å². The number of carbonyl (C=O) groups is 1. The summed E-state index contributed by atoms with van der Waals surface area (Å²) in [6.45, 7) is 5.72. The van der Waals surface area contributed by atoms with E-state index in [1.54, 1.807) is 34.6 Å². The number of amides is 1. The van der Waals surface area contributed by atoms with E-state index < -0.39 is 0 Å². The highest BCUT2D eigenvalue weighted by atomic mass is 79.9. The van der Waals surface area contributed by atoms with Crippen LogP contribution >= 0.6 is 27.5 Å². The fourth-order valence-corrected chi connectivity index (χ4v) is 3.30. The van der Waals surface area contributed by atoms with Crippen LogP contribution in [0.15, 0.2) is 28.9 Å². The summed E-state index contributed by atoms with van der Waals surface area (Å²) in [6, 6.07) is 4.56. The van der Waals surface area contributed by atoms with Crippen molar-refractivity contribution in [3.8, 4) is 0 Å². The topological polar surface area (TPSA) is 64.7 Å². The maximum Gasteiger partial charge on any atom is 0.246 e. The Morgan fingerprint density at radius 3 is 2.63 bits per heavy atom. The summed E-state index contributed by atoms with van der Waals surface area (Å²) in [5, 5.41) is 11.9. The van der Waals surface area contributed by atoms with Crippen LogP contribution in [0.4, 0.5) is 10.1 Å². The van der Waals surface area contributed by atoms with Gasteiger partial charge in [0.15, 0.2) is 0 Å². The molecular weight excluding hydrogens is 437 g/mol. The van der Waals surface area contributed by atoms with Crippen molar-refractivity contribution in [3.63, 3.8) is 0 Å². The van der Waals surface area contributed by atoms with Crippen molar-refractivity contribution in [2.75, 3.05) is 5.32 Å². The van der Waals surface area contributed by atoms with Crippen LogP contribution in [0.2, 0.25) is 5.02 Å². The number of hydrogen-bond acceptors (Lipinski definition) is 3. The fourth-order valence-electron chi connectivity index (χ4n) is 2.77. The Bertz CT molecular complexity index is 974. The van der Waals surface area contributed by atoms with Crippen LogP contribution in [0.5, 0.6) is 0 Å². The van der Waals surface area contributed by atoms with Gasteiger partial charge in [0, 0.05) is 16.8 Å². The van der Waals surface area contributed by atoms with Gasteiger partial charge in [-0.1, -0.05) is 17.7 Å². The minimum absolute atomic E-state index is 0.0790. The molecule has 2 aromatic heterocycles. The van der Waals surface area contributed by atoms with Crippen molar-refractivity contribution in [1.82, 2.24) is 19.6 Å². The second kappa shape index (κ2) is 7.82. The van der Waals surface area contributed by atoms with Crippen LogP contribution in [-0.4, -0.2) is 25.5 Å². The highest BCUT2D eigenvalue weighted by Gasteiger charge is 2.17. The Morgan fingerprint density at radius 2 is 2.00 bits per heavy atom. The molecule has 1 amide bonds. The number of halogens is 3. The molecule has 0 atom stereocenters. The van der Waals surface area contributed by atoms with Crippen molar-refractivity contribution in [2.24, 2.45) is 0 Å². The van der Waals surface area contributed by atoms with Gasteiger partial charge in [0.05, 0.1) is 33.8 Å². The normalized spacial score (nSPS) is 11.0. The van der Waals surface area contributed by atoms with E-state index >= 15 is 0 Å². The second-order valence-corrected chi connectivity index (χ2v) is 7.47. The van der Waals surface area contributed by atoms with E-state index in [9.17, 15) is 9.18 Å². The number of aromatic nitrogens is 4. The molecule has 0 aliphatic rings. The van der Waals surface area contributed by atoms with Gasteiger partial charge in [-0.3, -0.25) is 14.2 Å². The average Bonchev–Trinajstić information content (AvgIpc) is 3.04. The summed E-state index contributed by atoms with van der Waals surface area (Å²) in [5.41, 5.74) is 3.14. The Hall–Kier alpha value is -2.19. The van der Waals surface area contributed by atoms with E-state index in [1.807, 2.05) is 13.8 Å². The number of benzene rings is 1. The molecule has 9 heteroatoms. The number of anilines is 1. The summed E-state index contributed by atoms with van der Waals surface area (Å²) in [7, 11) is 0. The monoisotopic (exact) mass is 453 g/mol. The molecule has 27 heavy (non-hydrogen) atoms. The standard InChI is InChI=1S/C18H18BrClFN5O/c1-10-14(19)8-25(23-10)9-17(27)22-18-11(2)24-26(12(18)3)7-13-15(20)5-4-6-16(13)21/h4-6,8H,7,9H2,1-3H3,(H,22,27). The second-order valence-electron chi connectivity index (χ2n) is 6.21. The third-order valence-electron chi connectivity index (χ3n) is 4.21. The Morgan fingerprint density at radius 1 is 1.26 bits per heavy atom. The van der Waals surface area contributed by atoms with Gasteiger partial charge in [-0.25, -0.2) is 4.39 Å². The Kier molecular flexibility index (Phi) is 5.67. The lowest BCUT2D eigenvalue weighted by atomic mass is 10.2. The predicted octanol–water partition coefficient (Wildman–Crippen LogP) is 4.25. The van der Waals surface area contributed by atoms with Gasteiger partial charge in [0.25, 0.3) is 0 Å². The van der Waals surface area contributed by atoms with Crippen LogP contribution < -0.4 is 5.32 Å². The zero-order chi connectivity index (χ0) is 19.7. The number of nitrogens with one attached hydrogen (secondary N) is 1. The molecule has 1 N–H and O–H groups in total. The first-order valence-electron chi connectivity index (χ1n) is 8.22. The quantitative estimate of drug-likeness (QED) is 0.627. The van der Waals surface area contributed by atoms with Gasteiger partial charge in [-0.2, -0.15) is 10.2 Å². The number of hydrogen-bond donors (Lipinski definition) is 1. The van der Waals surface area contributed by atoms with Crippen molar-refractivity contribution in [2.45, 2.75) is 33.9 Å². The molecule has 0 radical (unpaired) electrons. The van der Waals surface area contributed by atoms with Crippen molar-refractivity contribution >= 4 is 39.1 Å². The van der Waals surface area contributed by atoms with E-state index in [-0.39, 0.29) is 24.8 Å². The van der Waals surface area contributed by atoms with Gasteiger partial charge in [-0.15, -0.1) is 0 Å². The molecule has 3 rings (SSSR count). The number of aryl methyl sites for hydroxylation is 2. The zero-order valence-corrected chi connectivity index (χ0v) is 17.4. The molecule has 142 valence electrons. The Labute approximate surface area is 169 Å². The molecule has 1 aromatic carbocycles. The van der Waals surface area contributed by atoms with Crippen molar-refractivity contribution in [3.05, 3.63) is 62.4 Å². The van der Waals surface area contributed by atoms with Crippen LogP contribution in [-0.2, 0) is 17.9 Å². The summed E-state index contributed by atoms with van der Waals surface area (Å²) < 4.78 is 18.1. The molecule has 0 aliphatic carbocycles. The van der Waals surface area contributed by atoms with E-state index in [0.717, 1.165) is 15.9 Å². The number of nitrogens with zero attached hydrogens (tertiary/aromatic N) is 4. The molecular formula is C18H18BrClFN5O. The van der Waals surface area contributed by atoms with Gasteiger partial charge >= 0.3 is 0 Å². The predicted molar refractivity (Wildman–Crippen MR) is 106 cm³/mol. The molecule has 0 bridgehead atoms. The molecule has 0 spiro atoms. The zero-order valence-electron chi connectivity index (χ0n) is 15.1. The largest absolute Gasteiger partial charge is 0.321 e. The lowest BCUT2D eigenvalue weighted by Gasteiger charge is -2.09. The van der Waals surface area contributed by atoms with Crippen LogP contribution in [0.25, 0.3) is 0 Å². The summed E-state index contributed by atoms with van der Waals surface area (Å²) in [4.78, 5) is 12.4. The SMILES string of the molecule is Cc1nn(CC(=O)Nc2c(C)nn(Cc3c(F)cccc3Cl)c2C)cc1Br. The molecule has 0 unspecified atom stereocenters. The molecule has 0 aliphatic heterocycles. The summed E-state index contributed by atoms with van der Waals surface area (Å²) >= 11 is 9.48. The summed E-state index contributed by atoms with van der Waals surface area (Å²) in [6.07, 6.45) is 1.75. The lowest BCUT2D eigenvalue weighted by Crippen LogP contribution is -2.20. The van der Waals surface area contributed by atoms with E-state index in [4.69, 9.17) is 11.6 Å². The number of carbonyl (C=O) groups excluding carboxylic acids is 1. The third kappa shape index (κ3) is 4.22. The van der Waals surface area contributed by atoms with Gasteiger partial charge in [0.1, 0.15) is 12.4 Å². The van der Waals surface area contributed by atoms with Crippen molar-refractivity contribution < 1.29 is 9.18 Å². The minimum atomic E-state index is -0.389. The highest BCUT2D eigenvalue weighted by Crippen LogP contribution is 2.24. The summed E-state index contributed by atoms with van der Waals surface area (Å²) in [5.74, 6) is -0.611. The van der Waals surface area contributed by atoms with Gasteiger partial charge in [0.2, 0.25) is 5.91 Å². The maximum absolute atomic E-state index is 14.1. The molecule has 0 saturated carbocycles. The van der Waals surface area contributed by atoms with E-state index in [1.165, 1.54) is 6.07 Å². The van der Waals surface area contributed by atoms with Crippen molar-refractivity contribution in [1.29, 1.82) is 0 Å². The van der Waals surface area contributed by atoms with Gasteiger partial charge in [-0.05, 0) is 48.8 Å². The third-order valence-corrected chi connectivity index (χ3v) is 5.34. The first kappa shape index (κ1) is 19.6. The Balaban J connectivity index is 1.78. The molecule has 2 heterocycles. The van der Waals surface area contributed by atoms with E-state index in [2.05, 4.69) is 31.4 Å². The lowest BCUT2D eigenvalue weighted by molar-refractivity contribution is -0.116.